The number of phenols is 1. The van der Waals surface area contributed by atoms with E-state index in [2.05, 4.69) is 17.9 Å². The molecule has 112 valence electrons. The molecule has 0 bridgehead atoms. The maximum Gasteiger partial charge on any atom is 0.115 e. The average Bonchev–Trinajstić information content (AvgIpc) is 2.47. The molecule has 0 saturated heterocycles. The molecule has 0 aromatic heterocycles. The maximum atomic E-state index is 9.64. The van der Waals surface area contributed by atoms with Crippen molar-refractivity contribution in [2.45, 2.75) is 57.5 Å². The van der Waals surface area contributed by atoms with Gasteiger partial charge < -0.3 is 10.8 Å². The van der Waals surface area contributed by atoms with Gasteiger partial charge in [0.25, 0.3) is 0 Å². The Morgan fingerprint density at radius 1 is 1.25 bits per heavy atom. The van der Waals surface area contributed by atoms with Gasteiger partial charge in [-0.3, -0.25) is 4.90 Å². The molecule has 0 aliphatic heterocycles. The molecule has 0 unspecified atom stereocenters. The van der Waals surface area contributed by atoms with Gasteiger partial charge in [0.05, 0.1) is 0 Å². The van der Waals surface area contributed by atoms with E-state index in [4.69, 9.17) is 5.73 Å². The third kappa shape index (κ3) is 3.53. The second-order valence-electron chi connectivity index (χ2n) is 6.08. The van der Waals surface area contributed by atoms with Crippen molar-refractivity contribution >= 4 is 0 Å². The summed E-state index contributed by atoms with van der Waals surface area (Å²) >= 11 is 0. The number of rotatable bonds is 6. The second-order valence-corrected chi connectivity index (χ2v) is 6.08. The number of aromatic hydroxyl groups is 1. The molecular formula is C17H28N2O. The van der Waals surface area contributed by atoms with Gasteiger partial charge in [-0.1, -0.05) is 38.3 Å². The van der Waals surface area contributed by atoms with Crippen LogP contribution in [0.5, 0.6) is 5.75 Å². The van der Waals surface area contributed by atoms with E-state index in [0.29, 0.717) is 5.75 Å². The van der Waals surface area contributed by atoms with Gasteiger partial charge in [0.2, 0.25) is 0 Å². The molecule has 0 atom stereocenters. The highest BCUT2D eigenvalue weighted by molar-refractivity contribution is 5.27. The van der Waals surface area contributed by atoms with E-state index in [1.165, 1.54) is 37.7 Å². The molecule has 0 spiro atoms. The third-order valence-corrected chi connectivity index (χ3v) is 4.61. The normalized spacial score (nSPS) is 18.4. The smallest absolute Gasteiger partial charge is 0.115 e. The number of nitrogens with two attached hydrogens (primary N) is 1. The summed E-state index contributed by atoms with van der Waals surface area (Å²) < 4.78 is 0. The van der Waals surface area contributed by atoms with E-state index in [1.54, 1.807) is 6.07 Å². The van der Waals surface area contributed by atoms with Crippen LogP contribution in [0.25, 0.3) is 0 Å². The largest absolute Gasteiger partial charge is 0.508 e. The number of benzene rings is 1. The predicted octanol–water partition coefficient (Wildman–Crippen LogP) is 3.27. The van der Waals surface area contributed by atoms with Crippen LogP contribution in [-0.2, 0) is 6.54 Å². The lowest BCUT2D eigenvalue weighted by molar-refractivity contribution is 0.0494. The lowest BCUT2D eigenvalue weighted by Crippen LogP contribution is -2.54. The quantitative estimate of drug-likeness (QED) is 0.838. The number of hydrogen-bond acceptors (Lipinski definition) is 3. The summed E-state index contributed by atoms with van der Waals surface area (Å²) in [5, 5.41) is 9.64. The summed E-state index contributed by atoms with van der Waals surface area (Å²) in [6.45, 7) is 4.93. The van der Waals surface area contributed by atoms with Crippen molar-refractivity contribution < 1.29 is 5.11 Å². The summed E-state index contributed by atoms with van der Waals surface area (Å²) in [4.78, 5) is 2.56. The topological polar surface area (TPSA) is 49.5 Å². The van der Waals surface area contributed by atoms with Crippen LogP contribution in [0, 0.1) is 0 Å². The Kier molecular flexibility index (Phi) is 5.44. The summed E-state index contributed by atoms with van der Waals surface area (Å²) in [5.74, 6) is 0.351. The fraction of sp³-hybridized carbons (Fsp3) is 0.647. The summed E-state index contributed by atoms with van der Waals surface area (Å²) in [5.41, 5.74) is 7.51. The van der Waals surface area contributed by atoms with Crippen molar-refractivity contribution in [3.63, 3.8) is 0 Å². The lowest BCUT2D eigenvalue weighted by Gasteiger charge is -2.46. The van der Waals surface area contributed by atoms with Crippen LogP contribution < -0.4 is 5.73 Å². The lowest BCUT2D eigenvalue weighted by atomic mass is 9.80. The van der Waals surface area contributed by atoms with E-state index in [1.807, 2.05) is 12.1 Å². The first-order valence-electron chi connectivity index (χ1n) is 7.93. The molecule has 20 heavy (non-hydrogen) atoms. The van der Waals surface area contributed by atoms with Gasteiger partial charge in [-0.25, -0.2) is 0 Å². The van der Waals surface area contributed by atoms with Crippen LogP contribution in [0.4, 0.5) is 0 Å². The van der Waals surface area contributed by atoms with E-state index < -0.39 is 0 Å². The van der Waals surface area contributed by atoms with Crippen LogP contribution in [-0.4, -0.2) is 28.6 Å². The highest BCUT2D eigenvalue weighted by Crippen LogP contribution is 2.34. The molecule has 0 amide bonds. The fourth-order valence-corrected chi connectivity index (χ4v) is 3.49. The predicted molar refractivity (Wildman–Crippen MR) is 83.7 cm³/mol. The fourth-order valence-electron chi connectivity index (χ4n) is 3.49. The molecule has 1 aliphatic carbocycles. The van der Waals surface area contributed by atoms with E-state index in [-0.39, 0.29) is 5.54 Å². The number of hydrogen-bond donors (Lipinski definition) is 2. The van der Waals surface area contributed by atoms with Crippen LogP contribution in [0.1, 0.15) is 51.0 Å². The molecule has 1 aliphatic rings. The molecule has 0 heterocycles. The van der Waals surface area contributed by atoms with Crippen molar-refractivity contribution in [1.29, 1.82) is 0 Å². The minimum atomic E-state index is 0.166. The molecule has 1 aromatic carbocycles. The monoisotopic (exact) mass is 276 g/mol. The van der Waals surface area contributed by atoms with E-state index >= 15 is 0 Å². The van der Waals surface area contributed by atoms with Crippen molar-refractivity contribution in [2.75, 3.05) is 13.1 Å². The zero-order valence-electron chi connectivity index (χ0n) is 12.6. The molecule has 1 saturated carbocycles. The molecule has 3 N–H and O–H groups in total. The Labute approximate surface area is 122 Å². The molecule has 1 aromatic rings. The SMILES string of the molecule is CCCN(Cc1cccc(O)c1)C1(CN)CCCCC1. The Morgan fingerprint density at radius 2 is 2.00 bits per heavy atom. The number of nitrogens with zero attached hydrogens (tertiary/aromatic N) is 1. The van der Waals surface area contributed by atoms with Gasteiger partial charge in [-0.05, 0) is 43.5 Å². The molecule has 1 fully saturated rings. The highest BCUT2D eigenvalue weighted by Gasteiger charge is 2.36. The molecule has 3 heteroatoms. The van der Waals surface area contributed by atoms with Gasteiger partial charge in [0.1, 0.15) is 5.75 Å². The van der Waals surface area contributed by atoms with Gasteiger partial charge in [-0.2, -0.15) is 0 Å². The summed E-state index contributed by atoms with van der Waals surface area (Å²) in [6, 6.07) is 7.61. The number of phenolic OH excluding ortho intramolecular Hbond substituents is 1. The first-order valence-corrected chi connectivity index (χ1v) is 7.93. The van der Waals surface area contributed by atoms with Crippen molar-refractivity contribution in [2.24, 2.45) is 5.73 Å². The molecular weight excluding hydrogens is 248 g/mol. The van der Waals surface area contributed by atoms with Gasteiger partial charge in [-0.15, -0.1) is 0 Å². The Morgan fingerprint density at radius 3 is 2.60 bits per heavy atom. The first kappa shape index (κ1) is 15.3. The summed E-state index contributed by atoms with van der Waals surface area (Å²) in [6.07, 6.45) is 7.48. The van der Waals surface area contributed by atoms with Crippen LogP contribution in [0.2, 0.25) is 0 Å². The van der Waals surface area contributed by atoms with E-state index in [0.717, 1.165) is 26.1 Å². The van der Waals surface area contributed by atoms with Gasteiger partial charge in [0, 0.05) is 18.6 Å². The van der Waals surface area contributed by atoms with Gasteiger partial charge in [0.15, 0.2) is 0 Å². The van der Waals surface area contributed by atoms with Crippen molar-refractivity contribution in [1.82, 2.24) is 4.90 Å². The van der Waals surface area contributed by atoms with Crippen LogP contribution in [0.3, 0.4) is 0 Å². The van der Waals surface area contributed by atoms with Crippen LogP contribution >= 0.6 is 0 Å². The Hall–Kier alpha value is -1.06. The van der Waals surface area contributed by atoms with Gasteiger partial charge >= 0.3 is 0 Å². The summed E-state index contributed by atoms with van der Waals surface area (Å²) in [7, 11) is 0. The molecule has 0 radical (unpaired) electrons. The highest BCUT2D eigenvalue weighted by atomic mass is 16.3. The standard InChI is InChI=1S/C17H28N2O/c1-2-11-19(13-15-7-6-8-16(20)12-15)17(14-18)9-4-3-5-10-17/h6-8,12,20H,2-5,9-11,13-14,18H2,1H3. The minimum Gasteiger partial charge on any atom is -0.508 e. The van der Waals surface area contributed by atoms with E-state index in [9.17, 15) is 5.11 Å². The Balaban J connectivity index is 2.16. The second kappa shape index (κ2) is 7.09. The zero-order chi connectivity index (χ0) is 14.4. The maximum absolute atomic E-state index is 9.64. The van der Waals surface area contributed by atoms with Crippen molar-refractivity contribution in [3.8, 4) is 5.75 Å². The third-order valence-electron chi connectivity index (χ3n) is 4.61. The zero-order valence-corrected chi connectivity index (χ0v) is 12.6. The minimum absolute atomic E-state index is 0.166. The Bertz CT molecular complexity index is 413. The molecule has 3 nitrogen and oxygen atoms in total. The first-order chi connectivity index (χ1) is 9.70. The average molecular weight is 276 g/mol. The van der Waals surface area contributed by atoms with Crippen LogP contribution in [0.15, 0.2) is 24.3 Å². The molecule has 2 rings (SSSR count). The van der Waals surface area contributed by atoms with Crippen molar-refractivity contribution in [3.05, 3.63) is 29.8 Å².